The number of aromatic carboxylic acids is 1. The number of carbonyl (C=O) groups is 1. The number of benzene rings is 2. The molecule has 0 saturated carbocycles. The van der Waals surface area contributed by atoms with Gasteiger partial charge in [-0.25, -0.2) is 9.78 Å². The highest BCUT2D eigenvalue weighted by molar-refractivity contribution is 6.31. The van der Waals surface area contributed by atoms with Gasteiger partial charge in [0.15, 0.2) is 0 Å². The fourth-order valence-corrected chi connectivity index (χ4v) is 3.77. The summed E-state index contributed by atoms with van der Waals surface area (Å²) in [5, 5.41) is 20.4. The molecule has 2 heterocycles. The first-order chi connectivity index (χ1) is 16.0. The van der Waals surface area contributed by atoms with Gasteiger partial charge in [-0.15, -0.1) is 0 Å². The standard InChI is InChI=1S/C26H20ClN3O3/c1-2-33-25-10-3-17(14-29-25)15-30-16-21(23-9-8-22(27)12-24(23)30)11-20(13-28)18-4-6-19(7-5-18)26(31)32/h3-12,14,16H,2,15H2,1H3,(H,31,32)/b20-11+. The van der Waals surface area contributed by atoms with Crippen molar-refractivity contribution < 1.29 is 14.6 Å². The van der Waals surface area contributed by atoms with Crippen LogP contribution in [0.4, 0.5) is 0 Å². The molecule has 7 heteroatoms. The second-order valence-corrected chi connectivity index (χ2v) is 7.80. The Bertz CT molecular complexity index is 1380. The molecule has 6 nitrogen and oxygen atoms in total. The Kier molecular flexibility index (Phi) is 6.43. The number of pyridine rings is 1. The molecule has 4 rings (SSSR count). The minimum atomic E-state index is -1.01. The van der Waals surface area contributed by atoms with Crippen molar-refractivity contribution in [2.75, 3.05) is 6.61 Å². The molecule has 0 bridgehead atoms. The number of nitrogens with zero attached hydrogens (tertiary/aromatic N) is 3. The zero-order valence-corrected chi connectivity index (χ0v) is 18.6. The van der Waals surface area contributed by atoms with Gasteiger partial charge in [0.1, 0.15) is 0 Å². The molecule has 2 aromatic carbocycles. The largest absolute Gasteiger partial charge is 0.478 e. The van der Waals surface area contributed by atoms with Crippen LogP contribution in [0.15, 0.2) is 67.0 Å². The van der Waals surface area contributed by atoms with Crippen molar-refractivity contribution in [3.63, 3.8) is 0 Å². The molecule has 0 unspecified atom stereocenters. The van der Waals surface area contributed by atoms with E-state index < -0.39 is 5.97 Å². The minimum Gasteiger partial charge on any atom is -0.478 e. The first kappa shape index (κ1) is 22.1. The van der Waals surface area contributed by atoms with Crippen molar-refractivity contribution in [1.82, 2.24) is 9.55 Å². The highest BCUT2D eigenvalue weighted by Crippen LogP contribution is 2.29. The number of fused-ring (bicyclic) bond motifs is 1. The van der Waals surface area contributed by atoms with E-state index in [9.17, 15) is 10.1 Å². The minimum absolute atomic E-state index is 0.172. The van der Waals surface area contributed by atoms with Gasteiger partial charge in [0, 0.05) is 41.0 Å². The molecule has 0 atom stereocenters. The molecule has 0 aliphatic carbocycles. The first-order valence-corrected chi connectivity index (χ1v) is 10.7. The zero-order valence-electron chi connectivity index (χ0n) is 17.8. The third kappa shape index (κ3) is 4.89. The number of ether oxygens (including phenoxy) is 1. The highest BCUT2D eigenvalue weighted by Gasteiger charge is 2.11. The van der Waals surface area contributed by atoms with Gasteiger partial charge in [-0.05, 0) is 48.4 Å². The first-order valence-electron chi connectivity index (χ1n) is 10.3. The monoisotopic (exact) mass is 457 g/mol. The van der Waals surface area contributed by atoms with E-state index in [1.165, 1.54) is 12.1 Å². The average molecular weight is 458 g/mol. The average Bonchev–Trinajstić information content (AvgIpc) is 3.15. The summed E-state index contributed by atoms with van der Waals surface area (Å²) in [7, 11) is 0. The molecular weight excluding hydrogens is 438 g/mol. The van der Waals surface area contributed by atoms with Gasteiger partial charge in [0.05, 0.1) is 29.3 Å². The predicted molar refractivity (Wildman–Crippen MR) is 128 cm³/mol. The van der Waals surface area contributed by atoms with E-state index >= 15 is 0 Å². The third-order valence-corrected chi connectivity index (χ3v) is 5.42. The Hall–Kier alpha value is -4.08. The highest BCUT2D eigenvalue weighted by atomic mass is 35.5. The summed E-state index contributed by atoms with van der Waals surface area (Å²) in [4.78, 5) is 15.4. The van der Waals surface area contributed by atoms with Crippen LogP contribution in [-0.4, -0.2) is 27.2 Å². The second-order valence-electron chi connectivity index (χ2n) is 7.36. The van der Waals surface area contributed by atoms with E-state index in [0.717, 1.165) is 22.0 Å². The molecule has 33 heavy (non-hydrogen) atoms. The Labute approximate surface area is 195 Å². The maximum Gasteiger partial charge on any atom is 0.335 e. The smallest absolute Gasteiger partial charge is 0.335 e. The Balaban J connectivity index is 1.73. The van der Waals surface area contributed by atoms with Gasteiger partial charge in [-0.1, -0.05) is 35.9 Å². The van der Waals surface area contributed by atoms with Gasteiger partial charge < -0.3 is 14.4 Å². The molecule has 0 fully saturated rings. The lowest BCUT2D eigenvalue weighted by Gasteiger charge is -2.07. The number of rotatable bonds is 7. The van der Waals surface area contributed by atoms with Crippen molar-refractivity contribution in [1.29, 1.82) is 5.26 Å². The van der Waals surface area contributed by atoms with Crippen LogP contribution in [0, 0.1) is 11.3 Å². The van der Waals surface area contributed by atoms with Crippen molar-refractivity contribution in [3.05, 3.63) is 94.3 Å². The molecular formula is C26H20ClN3O3. The molecule has 1 N–H and O–H groups in total. The number of hydrogen-bond acceptors (Lipinski definition) is 4. The summed E-state index contributed by atoms with van der Waals surface area (Å²) in [5.74, 6) is -0.425. The Morgan fingerprint density at radius 3 is 2.58 bits per heavy atom. The predicted octanol–water partition coefficient (Wildman–Crippen LogP) is 5.90. The maximum absolute atomic E-state index is 11.1. The van der Waals surface area contributed by atoms with Crippen LogP contribution in [-0.2, 0) is 6.54 Å². The molecule has 2 aromatic heterocycles. The van der Waals surface area contributed by atoms with Gasteiger partial charge in [-0.2, -0.15) is 5.26 Å². The normalized spacial score (nSPS) is 11.4. The number of carboxylic acids is 1. The van der Waals surface area contributed by atoms with E-state index in [-0.39, 0.29) is 5.56 Å². The molecule has 4 aromatic rings. The van der Waals surface area contributed by atoms with Crippen molar-refractivity contribution in [2.24, 2.45) is 0 Å². The van der Waals surface area contributed by atoms with Crippen molar-refractivity contribution in [2.45, 2.75) is 13.5 Å². The molecule has 0 saturated heterocycles. The van der Waals surface area contributed by atoms with Gasteiger partial charge in [-0.3, -0.25) is 0 Å². The summed E-state index contributed by atoms with van der Waals surface area (Å²) in [5.41, 5.74) is 4.04. The lowest BCUT2D eigenvalue weighted by molar-refractivity contribution is 0.0697. The van der Waals surface area contributed by atoms with E-state index in [2.05, 4.69) is 15.6 Å². The zero-order chi connectivity index (χ0) is 23.4. The van der Waals surface area contributed by atoms with Gasteiger partial charge in [0.25, 0.3) is 0 Å². The lowest BCUT2D eigenvalue weighted by atomic mass is 10.0. The maximum atomic E-state index is 11.1. The van der Waals surface area contributed by atoms with E-state index in [1.54, 1.807) is 24.4 Å². The topological polar surface area (TPSA) is 88.1 Å². The Morgan fingerprint density at radius 1 is 1.18 bits per heavy atom. The van der Waals surface area contributed by atoms with Crippen LogP contribution in [0.25, 0.3) is 22.6 Å². The van der Waals surface area contributed by atoms with Crippen LogP contribution in [0.1, 0.15) is 34.0 Å². The molecule has 0 spiro atoms. The molecule has 0 aliphatic rings. The van der Waals surface area contributed by atoms with Crippen LogP contribution in [0.3, 0.4) is 0 Å². The number of nitriles is 1. The summed E-state index contributed by atoms with van der Waals surface area (Å²) in [6.07, 6.45) is 5.56. The number of allylic oxidation sites excluding steroid dienone is 1. The van der Waals surface area contributed by atoms with E-state index in [0.29, 0.717) is 35.2 Å². The number of carboxylic acid groups (broad SMARTS) is 1. The molecule has 0 radical (unpaired) electrons. The number of halogens is 1. The number of aromatic nitrogens is 2. The van der Waals surface area contributed by atoms with Crippen molar-refractivity contribution >= 4 is 40.1 Å². The summed E-state index contributed by atoms with van der Waals surface area (Å²) in [6.45, 7) is 3.04. The molecule has 0 aliphatic heterocycles. The van der Waals surface area contributed by atoms with Crippen LogP contribution in [0.5, 0.6) is 5.88 Å². The fourth-order valence-electron chi connectivity index (χ4n) is 3.60. The van der Waals surface area contributed by atoms with Gasteiger partial charge in [0.2, 0.25) is 5.88 Å². The van der Waals surface area contributed by atoms with Crippen LogP contribution in [0.2, 0.25) is 5.02 Å². The second kappa shape index (κ2) is 9.60. The summed E-state index contributed by atoms with van der Waals surface area (Å²) < 4.78 is 7.48. The van der Waals surface area contributed by atoms with Crippen molar-refractivity contribution in [3.8, 4) is 11.9 Å². The van der Waals surface area contributed by atoms with Crippen LogP contribution < -0.4 is 4.74 Å². The summed E-state index contributed by atoms with van der Waals surface area (Å²) in [6, 6.07) is 17.9. The molecule has 0 amide bonds. The quantitative estimate of drug-likeness (QED) is 0.349. The van der Waals surface area contributed by atoms with Crippen LogP contribution >= 0.6 is 11.6 Å². The third-order valence-electron chi connectivity index (χ3n) is 5.18. The van der Waals surface area contributed by atoms with E-state index in [1.807, 2.05) is 43.5 Å². The fraction of sp³-hybridized carbons (Fsp3) is 0.115. The van der Waals surface area contributed by atoms with Gasteiger partial charge >= 0.3 is 5.97 Å². The number of hydrogen-bond donors (Lipinski definition) is 1. The Morgan fingerprint density at radius 2 is 1.94 bits per heavy atom. The lowest BCUT2D eigenvalue weighted by Crippen LogP contribution is -2.00. The van der Waals surface area contributed by atoms with E-state index in [4.69, 9.17) is 21.4 Å². The SMILES string of the molecule is CCOc1ccc(Cn2cc(/C=C(\C#N)c3ccc(C(=O)O)cc3)c3ccc(Cl)cc32)cn1. The molecule has 164 valence electrons. The summed E-state index contributed by atoms with van der Waals surface area (Å²) >= 11 is 6.27.